The van der Waals surface area contributed by atoms with Crippen molar-refractivity contribution in [3.8, 4) is 0 Å². The number of para-hydroxylation sites is 1. The van der Waals surface area contributed by atoms with Gasteiger partial charge in [0.15, 0.2) is 8.32 Å². The lowest BCUT2D eigenvalue weighted by molar-refractivity contribution is 0.273. The standard InChI is InChI=1S/C19H31NO2Si/c1-19(2,3)23(4,5)22-14-12-20-15-16(9-8-13-21)17-10-6-7-11-18(17)20/h6-7,10-11,15,21H,8-9,12-14H2,1-5H3. The third-order valence-corrected chi connectivity index (χ3v) is 9.61. The molecule has 0 bridgehead atoms. The number of benzene rings is 1. The molecule has 1 aromatic heterocycles. The molecule has 0 aliphatic heterocycles. The van der Waals surface area contributed by atoms with Crippen LogP contribution in [0.4, 0.5) is 0 Å². The van der Waals surface area contributed by atoms with Crippen LogP contribution in [-0.2, 0) is 17.4 Å². The predicted molar refractivity (Wildman–Crippen MR) is 100 cm³/mol. The summed E-state index contributed by atoms with van der Waals surface area (Å²) in [6.45, 7) is 13.3. The summed E-state index contributed by atoms with van der Waals surface area (Å²) in [5.41, 5.74) is 2.58. The van der Waals surface area contributed by atoms with Gasteiger partial charge in [0.05, 0.1) is 6.61 Å². The van der Waals surface area contributed by atoms with Gasteiger partial charge in [-0.25, -0.2) is 0 Å². The Kier molecular flexibility index (Phi) is 5.71. The molecule has 0 radical (unpaired) electrons. The van der Waals surface area contributed by atoms with Crippen molar-refractivity contribution < 1.29 is 9.53 Å². The van der Waals surface area contributed by atoms with Gasteiger partial charge in [-0.3, -0.25) is 0 Å². The summed E-state index contributed by atoms with van der Waals surface area (Å²) in [7, 11) is -1.69. The maximum absolute atomic E-state index is 9.09. The first-order valence-corrected chi connectivity index (χ1v) is 11.5. The first-order chi connectivity index (χ1) is 10.8. The van der Waals surface area contributed by atoms with Crippen LogP contribution >= 0.6 is 0 Å². The Bertz CT molecular complexity index is 640. The van der Waals surface area contributed by atoms with Crippen molar-refractivity contribution in [3.05, 3.63) is 36.0 Å². The second-order valence-corrected chi connectivity index (χ2v) is 12.6. The molecule has 0 aliphatic carbocycles. The number of hydrogen-bond donors (Lipinski definition) is 1. The van der Waals surface area contributed by atoms with Crippen LogP contribution in [-0.4, -0.2) is 31.2 Å². The van der Waals surface area contributed by atoms with E-state index >= 15 is 0 Å². The van der Waals surface area contributed by atoms with E-state index in [0.717, 1.165) is 26.0 Å². The topological polar surface area (TPSA) is 34.4 Å². The number of hydrogen-bond acceptors (Lipinski definition) is 2. The quantitative estimate of drug-likeness (QED) is 0.752. The van der Waals surface area contributed by atoms with E-state index < -0.39 is 8.32 Å². The Morgan fingerprint density at radius 3 is 2.52 bits per heavy atom. The first-order valence-electron chi connectivity index (χ1n) is 8.58. The fourth-order valence-corrected chi connectivity index (χ4v) is 3.63. The van der Waals surface area contributed by atoms with E-state index in [9.17, 15) is 0 Å². The lowest BCUT2D eigenvalue weighted by atomic mass is 10.1. The molecule has 0 amide bonds. The van der Waals surface area contributed by atoms with Gasteiger partial charge in [-0.15, -0.1) is 0 Å². The van der Waals surface area contributed by atoms with Crippen LogP contribution in [0.5, 0.6) is 0 Å². The van der Waals surface area contributed by atoms with Crippen molar-refractivity contribution in [2.45, 2.75) is 58.3 Å². The molecule has 2 rings (SSSR count). The minimum Gasteiger partial charge on any atom is -0.415 e. The van der Waals surface area contributed by atoms with Gasteiger partial charge in [-0.2, -0.15) is 0 Å². The first kappa shape index (κ1) is 18.2. The minimum absolute atomic E-state index is 0.244. The van der Waals surface area contributed by atoms with E-state index in [0.29, 0.717) is 0 Å². The number of aromatic nitrogens is 1. The van der Waals surface area contributed by atoms with Gasteiger partial charge in [0, 0.05) is 30.3 Å². The molecule has 1 heterocycles. The van der Waals surface area contributed by atoms with E-state index in [1.165, 1.54) is 16.5 Å². The smallest absolute Gasteiger partial charge is 0.192 e. The van der Waals surface area contributed by atoms with E-state index in [-0.39, 0.29) is 11.6 Å². The van der Waals surface area contributed by atoms with Crippen LogP contribution in [0.1, 0.15) is 32.8 Å². The number of rotatable bonds is 7. The normalized spacial score (nSPS) is 13.0. The van der Waals surface area contributed by atoms with Crippen molar-refractivity contribution in [1.82, 2.24) is 4.57 Å². The van der Waals surface area contributed by atoms with Crippen LogP contribution in [0.15, 0.2) is 30.5 Å². The van der Waals surface area contributed by atoms with E-state index in [1.54, 1.807) is 0 Å². The number of nitrogens with zero attached hydrogens (tertiary/aromatic N) is 1. The summed E-state index contributed by atoms with van der Waals surface area (Å²) in [5.74, 6) is 0. The van der Waals surface area contributed by atoms with Gasteiger partial charge in [0.25, 0.3) is 0 Å². The van der Waals surface area contributed by atoms with E-state index in [4.69, 9.17) is 9.53 Å². The summed E-state index contributed by atoms with van der Waals surface area (Å²) in [5, 5.41) is 10.6. The van der Waals surface area contributed by atoms with E-state index in [1.807, 2.05) is 0 Å². The molecular formula is C19H31NO2Si. The van der Waals surface area contributed by atoms with Crippen LogP contribution in [0.25, 0.3) is 10.9 Å². The largest absolute Gasteiger partial charge is 0.415 e. The summed E-state index contributed by atoms with van der Waals surface area (Å²) < 4.78 is 8.62. The molecule has 4 heteroatoms. The summed E-state index contributed by atoms with van der Waals surface area (Å²) in [6.07, 6.45) is 3.97. The highest BCUT2D eigenvalue weighted by Gasteiger charge is 2.36. The monoisotopic (exact) mass is 333 g/mol. The number of aliphatic hydroxyl groups excluding tert-OH is 1. The molecule has 1 aromatic carbocycles. The SMILES string of the molecule is CC(C)(C)[Si](C)(C)OCCn1cc(CCCO)c2ccccc21. The Hall–Kier alpha value is -1.10. The van der Waals surface area contributed by atoms with Crippen LogP contribution in [0, 0.1) is 0 Å². The maximum atomic E-state index is 9.09. The van der Waals surface area contributed by atoms with Crippen molar-refractivity contribution >= 4 is 19.2 Å². The zero-order valence-corrected chi connectivity index (χ0v) is 16.2. The average molecular weight is 334 g/mol. The Morgan fingerprint density at radius 2 is 1.87 bits per heavy atom. The molecule has 0 saturated heterocycles. The van der Waals surface area contributed by atoms with Gasteiger partial charge in [0.2, 0.25) is 0 Å². The second kappa shape index (κ2) is 7.20. The third kappa shape index (κ3) is 4.25. The van der Waals surface area contributed by atoms with Gasteiger partial charge >= 0.3 is 0 Å². The van der Waals surface area contributed by atoms with Gasteiger partial charge in [-0.1, -0.05) is 39.0 Å². The molecule has 0 saturated carbocycles. The number of fused-ring (bicyclic) bond motifs is 1. The molecule has 3 nitrogen and oxygen atoms in total. The lowest BCUT2D eigenvalue weighted by Gasteiger charge is -2.36. The molecule has 0 atom stereocenters. The van der Waals surface area contributed by atoms with E-state index in [2.05, 4.69) is 68.9 Å². The Morgan fingerprint density at radius 1 is 1.17 bits per heavy atom. The molecule has 0 unspecified atom stereocenters. The molecule has 128 valence electrons. The van der Waals surface area contributed by atoms with Crippen LogP contribution < -0.4 is 0 Å². The molecule has 0 spiro atoms. The highest BCUT2D eigenvalue weighted by atomic mass is 28.4. The van der Waals surface area contributed by atoms with Crippen LogP contribution in [0.3, 0.4) is 0 Å². The van der Waals surface area contributed by atoms with Crippen LogP contribution in [0.2, 0.25) is 18.1 Å². The summed E-state index contributed by atoms with van der Waals surface area (Å²) in [6, 6.07) is 8.52. The second-order valence-electron chi connectivity index (χ2n) is 7.80. The maximum Gasteiger partial charge on any atom is 0.192 e. The fourth-order valence-electron chi connectivity index (χ4n) is 2.59. The van der Waals surface area contributed by atoms with Crippen molar-refractivity contribution in [3.63, 3.8) is 0 Å². The zero-order chi connectivity index (χ0) is 17.1. The molecule has 2 aromatic rings. The lowest BCUT2D eigenvalue weighted by Crippen LogP contribution is -2.41. The van der Waals surface area contributed by atoms with Crippen molar-refractivity contribution in [1.29, 1.82) is 0 Å². The van der Waals surface area contributed by atoms with Crippen molar-refractivity contribution in [2.24, 2.45) is 0 Å². The molecule has 1 N–H and O–H groups in total. The average Bonchev–Trinajstić information content (AvgIpc) is 2.82. The molecule has 0 fully saturated rings. The minimum atomic E-state index is -1.69. The molecule has 0 aliphatic rings. The fraction of sp³-hybridized carbons (Fsp3) is 0.579. The number of aliphatic hydroxyl groups is 1. The predicted octanol–water partition coefficient (Wildman–Crippen LogP) is 4.59. The van der Waals surface area contributed by atoms with Gasteiger partial charge in [0.1, 0.15) is 0 Å². The third-order valence-electron chi connectivity index (χ3n) is 5.08. The van der Waals surface area contributed by atoms with Crippen molar-refractivity contribution in [2.75, 3.05) is 13.2 Å². The molecule has 23 heavy (non-hydrogen) atoms. The highest BCUT2D eigenvalue weighted by Crippen LogP contribution is 2.36. The summed E-state index contributed by atoms with van der Waals surface area (Å²) >= 11 is 0. The molecular weight excluding hydrogens is 302 g/mol. The summed E-state index contributed by atoms with van der Waals surface area (Å²) in [4.78, 5) is 0. The van der Waals surface area contributed by atoms with Gasteiger partial charge < -0.3 is 14.1 Å². The van der Waals surface area contributed by atoms with Gasteiger partial charge in [-0.05, 0) is 42.6 Å². The Balaban J connectivity index is 2.11. The number of aryl methyl sites for hydroxylation is 1. The zero-order valence-electron chi connectivity index (χ0n) is 15.2. The Labute approximate surface area is 141 Å². The highest BCUT2D eigenvalue weighted by molar-refractivity contribution is 6.74.